The van der Waals surface area contributed by atoms with Gasteiger partial charge in [0.1, 0.15) is 0 Å². The molecule has 2 aliphatic heterocycles. The summed E-state index contributed by atoms with van der Waals surface area (Å²) in [6.45, 7) is 6.07. The predicted octanol–water partition coefficient (Wildman–Crippen LogP) is 5.35. The summed E-state index contributed by atoms with van der Waals surface area (Å²) >= 11 is 0. The van der Waals surface area contributed by atoms with E-state index < -0.39 is 5.54 Å². The molecule has 5 aliphatic rings. The molecule has 2 fully saturated rings. The Labute approximate surface area is 217 Å². The van der Waals surface area contributed by atoms with Gasteiger partial charge in [-0.3, -0.25) is 4.79 Å². The number of hydrogen-bond donors (Lipinski definition) is 1. The molecule has 0 unspecified atom stereocenters. The van der Waals surface area contributed by atoms with Gasteiger partial charge in [0.15, 0.2) is 17.5 Å². The number of rotatable bonds is 9. The second kappa shape index (κ2) is 11.8. The number of aliphatic hydroxyl groups is 1. The first-order chi connectivity index (χ1) is 17.6. The van der Waals surface area contributed by atoms with Crippen molar-refractivity contribution in [2.24, 2.45) is 16.8 Å². The molecule has 1 amide bonds. The van der Waals surface area contributed by atoms with Gasteiger partial charge in [-0.15, -0.1) is 6.58 Å². The Hall–Kier alpha value is -1.66. The topological polar surface area (TPSA) is 71.4 Å². The molecule has 6 nitrogen and oxygen atoms in total. The molecule has 2 heterocycles. The first-order valence-corrected chi connectivity index (χ1v) is 14.7. The van der Waals surface area contributed by atoms with E-state index in [1.54, 1.807) is 0 Å². The molecule has 0 aromatic carbocycles. The minimum Gasteiger partial charge on any atom is -0.470 e. The van der Waals surface area contributed by atoms with Crippen LogP contribution in [-0.4, -0.2) is 65.9 Å². The molecule has 0 spiro atoms. The number of nitrogens with zero attached hydrogens (tertiary/aromatic N) is 2. The molecular formula is C30H46N2O4. The zero-order valence-electron chi connectivity index (χ0n) is 22.1. The minimum atomic E-state index is -0.802. The Bertz CT molecular complexity index is 853. The largest absolute Gasteiger partial charge is 0.470 e. The lowest BCUT2D eigenvalue weighted by atomic mass is 9.73. The number of aliphatic imine (C=N–C) groups is 1. The highest BCUT2D eigenvalue weighted by molar-refractivity contribution is 5.95. The highest BCUT2D eigenvalue weighted by atomic mass is 16.5. The van der Waals surface area contributed by atoms with Crippen molar-refractivity contribution in [3.63, 3.8) is 0 Å². The van der Waals surface area contributed by atoms with Crippen LogP contribution in [-0.2, 0) is 14.3 Å². The average molecular weight is 499 g/mol. The summed E-state index contributed by atoms with van der Waals surface area (Å²) in [7, 11) is 0. The van der Waals surface area contributed by atoms with E-state index in [0.29, 0.717) is 32.0 Å². The maximum atomic E-state index is 14.4. The lowest BCUT2D eigenvalue weighted by Crippen LogP contribution is -2.53. The van der Waals surface area contributed by atoms with E-state index >= 15 is 0 Å². The van der Waals surface area contributed by atoms with E-state index in [9.17, 15) is 4.79 Å². The third-order valence-corrected chi connectivity index (χ3v) is 9.32. The van der Waals surface area contributed by atoms with Gasteiger partial charge in [0.25, 0.3) is 5.91 Å². The summed E-state index contributed by atoms with van der Waals surface area (Å²) < 4.78 is 12.9. The average Bonchev–Trinajstić information content (AvgIpc) is 3.26. The van der Waals surface area contributed by atoms with Crippen molar-refractivity contribution in [3.05, 3.63) is 23.8 Å². The highest BCUT2D eigenvalue weighted by Crippen LogP contribution is 2.48. The molecule has 2 atom stereocenters. The minimum absolute atomic E-state index is 0.170. The quantitative estimate of drug-likeness (QED) is 0.344. The SMILES string of the molecule is C=CCN1CC2=C(CCCC2)[C@@H]2OC(C3CCC(OCCCO)CC3)=N[C@]2(CC2CCCCC2)C1=O. The summed E-state index contributed by atoms with van der Waals surface area (Å²) in [5.41, 5.74) is 2.00. The predicted molar refractivity (Wildman–Crippen MR) is 142 cm³/mol. The normalized spacial score (nSPS) is 33.5. The van der Waals surface area contributed by atoms with E-state index in [1.807, 2.05) is 11.0 Å². The van der Waals surface area contributed by atoms with Crippen molar-refractivity contribution in [2.45, 2.75) is 114 Å². The van der Waals surface area contributed by atoms with Gasteiger partial charge < -0.3 is 19.5 Å². The van der Waals surface area contributed by atoms with Gasteiger partial charge in [-0.25, -0.2) is 4.99 Å². The molecule has 0 bridgehead atoms. The molecule has 0 radical (unpaired) electrons. The number of ether oxygens (including phenoxy) is 2. The zero-order valence-corrected chi connectivity index (χ0v) is 22.1. The fraction of sp³-hybridized carbons (Fsp3) is 0.800. The number of hydrogen-bond acceptors (Lipinski definition) is 5. The summed E-state index contributed by atoms with van der Waals surface area (Å²) in [4.78, 5) is 21.8. The summed E-state index contributed by atoms with van der Waals surface area (Å²) in [6.07, 6.45) is 18.1. The lowest BCUT2D eigenvalue weighted by molar-refractivity contribution is -0.138. The first-order valence-electron chi connectivity index (χ1n) is 14.7. The van der Waals surface area contributed by atoms with Crippen molar-refractivity contribution in [1.29, 1.82) is 0 Å². The van der Waals surface area contributed by atoms with Gasteiger partial charge >= 0.3 is 0 Å². The van der Waals surface area contributed by atoms with E-state index in [0.717, 1.165) is 50.8 Å². The van der Waals surface area contributed by atoms with E-state index in [4.69, 9.17) is 19.6 Å². The number of amides is 1. The molecule has 0 aromatic heterocycles. The highest BCUT2D eigenvalue weighted by Gasteiger charge is 2.58. The van der Waals surface area contributed by atoms with E-state index in [1.165, 1.54) is 56.1 Å². The third kappa shape index (κ3) is 5.31. The van der Waals surface area contributed by atoms with Crippen LogP contribution in [0.1, 0.15) is 96.3 Å². The third-order valence-electron chi connectivity index (χ3n) is 9.32. The van der Waals surface area contributed by atoms with Gasteiger partial charge in [0, 0.05) is 32.2 Å². The number of carbonyl (C=O) groups excluding carboxylic acids is 1. The van der Waals surface area contributed by atoms with Crippen molar-refractivity contribution < 1.29 is 19.4 Å². The standard InChI is InChI=1S/C30H46N2O4/c1-2-17-32-21-24-11-6-7-12-26(24)27-30(29(32)34,20-22-9-4-3-5-10-22)31-28(36-27)23-13-15-25(16-14-23)35-19-8-18-33/h2,22-23,25,27,33H,1,3-21H2/t23?,25?,27-,30-/m0/s1. The fourth-order valence-electron chi connectivity index (χ4n) is 7.44. The molecule has 36 heavy (non-hydrogen) atoms. The maximum absolute atomic E-state index is 14.4. The van der Waals surface area contributed by atoms with Crippen LogP contribution in [0.3, 0.4) is 0 Å². The Balaban J connectivity index is 1.43. The number of fused-ring (bicyclic) bond motifs is 2. The first kappa shape index (κ1) is 26.0. The van der Waals surface area contributed by atoms with Crippen LogP contribution in [0.4, 0.5) is 0 Å². The Morgan fingerprint density at radius 1 is 1.08 bits per heavy atom. The van der Waals surface area contributed by atoms with Gasteiger partial charge in [0.05, 0.1) is 6.10 Å². The number of aliphatic hydroxyl groups excluding tert-OH is 1. The molecule has 1 N–H and O–H groups in total. The van der Waals surface area contributed by atoms with Crippen LogP contribution in [0.15, 0.2) is 28.8 Å². The Kier molecular flexibility index (Phi) is 8.52. The smallest absolute Gasteiger partial charge is 0.255 e. The monoisotopic (exact) mass is 498 g/mol. The molecule has 2 saturated carbocycles. The zero-order chi connectivity index (χ0) is 25.0. The molecule has 6 heteroatoms. The van der Waals surface area contributed by atoms with Crippen molar-refractivity contribution in [1.82, 2.24) is 4.90 Å². The molecule has 0 aromatic rings. The molecule has 5 rings (SSSR count). The van der Waals surface area contributed by atoms with E-state index in [-0.39, 0.29) is 30.6 Å². The summed E-state index contributed by atoms with van der Waals surface area (Å²) in [5.74, 6) is 1.83. The molecule has 3 aliphatic carbocycles. The summed E-state index contributed by atoms with van der Waals surface area (Å²) in [5, 5.41) is 9.05. The fourth-order valence-corrected chi connectivity index (χ4v) is 7.44. The van der Waals surface area contributed by atoms with E-state index in [2.05, 4.69) is 6.58 Å². The molecule has 0 saturated heterocycles. The van der Waals surface area contributed by atoms with Crippen LogP contribution in [0, 0.1) is 11.8 Å². The van der Waals surface area contributed by atoms with Crippen LogP contribution in [0.2, 0.25) is 0 Å². The van der Waals surface area contributed by atoms with Gasteiger partial charge in [-0.2, -0.15) is 0 Å². The van der Waals surface area contributed by atoms with Crippen LogP contribution in [0.25, 0.3) is 0 Å². The molecular weight excluding hydrogens is 452 g/mol. The second-order valence-corrected chi connectivity index (χ2v) is 11.8. The van der Waals surface area contributed by atoms with Crippen molar-refractivity contribution in [3.8, 4) is 0 Å². The van der Waals surface area contributed by atoms with Crippen LogP contribution >= 0.6 is 0 Å². The van der Waals surface area contributed by atoms with Crippen LogP contribution < -0.4 is 0 Å². The van der Waals surface area contributed by atoms with Gasteiger partial charge in [-0.05, 0) is 81.3 Å². The molecule has 200 valence electrons. The Morgan fingerprint density at radius 3 is 2.61 bits per heavy atom. The van der Waals surface area contributed by atoms with Crippen molar-refractivity contribution in [2.75, 3.05) is 26.3 Å². The van der Waals surface area contributed by atoms with Gasteiger partial charge in [-0.1, -0.05) is 38.2 Å². The van der Waals surface area contributed by atoms with Crippen molar-refractivity contribution >= 4 is 11.8 Å². The Morgan fingerprint density at radius 2 is 1.86 bits per heavy atom. The van der Waals surface area contributed by atoms with Crippen LogP contribution in [0.5, 0.6) is 0 Å². The summed E-state index contributed by atoms with van der Waals surface area (Å²) in [6, 6.07) is 0. The lowest BCUT2D eigenvalue weighted by Gasteiger charge is -2.36. The van der Waals surface area contributed by atoms with Gasteiger partial charge in [0.2, 0.25) is 0 Å². The number of carbonyl (C=O) groups is 1. The maximum Gasteiger partial charge on any atom is 0.255 e. The second-order valence-electron chi connectivity index (χ2n) is 11.8.